The second-order valence-corrected chi connectivity index (χ2v) is 10.9. The minimum absolute atomic E-state index is 0.0152. The van der Waals surface area contributed by atoms with Gasteiger partial charge in [-0.2, -0.15) is 8.42 Å². The summed E-state index contributed by atoms with van der Waals surface area (Å²) in [5.41, 5.74) is 5.90. The van der Waals surface area contributed by atoms with Gasteiger partial charge in [-0.15, -0.1) is 0 Å². The fraction of sp³-hybridized carbons (Fsp3) is 0.632. The maximum Gasteiger partial charge on any atom is 0.265 e. The molecule has 0 radical (unpaired) electrons. The van der Waals surface area contributed by atoms with Crippen molar-refractivity contribution < 1.29 is 23.5 Å². The van der Waals surface area contributed by atoms with E-state index in [-0.39, 0.29) is 17.1 Å². The number of quaternary nitrogens is 1. The molecule has 0 heterocycles. The van der Waals surface area contributed by atoms with Crippen molar-refractivity contribution in [2.45, 2.75) is 52.0 Å². The molecule has 2 bridgehead atoms. The van der Waals surface area contributed by atoms with Crippen LogP contribution in [-0.2, 0) is 27.8 Å². The van der Waals surface area contributed by atoms with Gasteiger partial charge in [0.15, 0.2) is 0 Å². The van der Waals surface area contributed by atoms with Gasteiger partial charge < -0.3 is 5.73 Å². The van der Waals surface area contributed by atoms with Crippen molar-refractivity contribution in [1.29, 1.82) is 0 Å². The zero-order valence-electron chi connectivity index (χ0n) is 15.3. The Morgan fingerprint density at radius 2 is 1.88 bits per heavy atom. The molecular weight excluding hydrogens is 418 g/mol. The molecular formula is C19H27BrNO4S+. The monoisotopic (exact) mass is 444 g/mol. The molecule has 0 aromatic heterocycles. The number of ketones is 1. The molecule has 0 aliphatic heterocycles. The predicted molar refractivity (Wildman–Crippen MR) is 103 cm³/mol. The molecule has 2 fully saturated rings. The lowest BCUT2D eigenvalue weighted by Gasteiger charge is -2.35. The number of hydrogen-bond acceptors (Lipinski definition) is 3. The van der Waals surface area contributed by atoms with E-state index in [0.717, 1.165) is 19.3 Å². The molecule has 0 unspecified atom stereocenters. The smallest absolute Gasteiger partial charge is 0.265 e. The van der Waals surface area contributed by atoms with Crippen LogP contribution in [0.3, 0.4) is 0 Å². The predicted octanol–water partition coefficient (Wildman–Crippen LogP) is 2.43. The molecule has 144 valence electrons. The summed E-state index contributed by atoms with van der Waals surface area (Å²) in [6.45, 7) is 3.89. The highest BCUT2D eigenvalue weighted by Crippen LogP contribution is 2.64. The van der Waals surface area contributed by atoms with E-state index >= 15 is 0 Å². The molecule has 3 aliphatic rings. The molecule has 0 spiro atoms. The largest absolute Gasteiger partial charge is 0.355 e. The first-order valence-corrected chi connectivity index (χ1v) is 11.4. The third-order valence-electron chi connectivity index (χ3n) is 6.75. The Morgan fingerprint density at radius 1 is 1.23 bits per heavy atom. The molecule has 4 rings (SSSR count). The Labute approximate surface area is 163 Å². The molecule has 0 amide bonds. The molecule has 3 atom stereocenters. The maximum absolute atomic E-state index is 11.9. The Hall–Kier alpha value is -0.760. The maximum atomic E-state index is 11.9. The van der Waals surface area contributed by atoms with Crippen LogP contribution in [0.2, 0.25) is 0 Å². The number of carbonyl (C=O) groups is 1. The van der Waals surface area contributed by atoms with E-state index in [4.69, 9.17) is 4.55 Å². The Bertz CT molecular complexity index is 836. The van der Waals surface area contributed by atoms with Crippen LogP contribution in [0.4, 0.5) is 0 Å². The number of rotatable bonds is 2. The fourth-order valence-corrected chi connectivity index (χ4v) is 6.81. The summed E-state index contributed by atoms with van der Waals surface area (Å²) in [5, 5.41) is 0. The molecule has 5 nitrogen and oxygen atoms in total. The fourth-order valence-electron chi connectivity index (χ4n) is 5.10. The van der Waals surface area contributed by atoms with Crippen molar-refractivity contribution >= 4 is 31.8 Å². The molecule has 4 N–H and O–H groups in total. The zero-order chi connectivity index (χ0) is 19.3. The van der Waals surface area contributed by atoms with Gasteiger partial charge in [0.05, 0.1) is 17.2 Å². The first-order valence-electron chi connectivity index (χ1n) is 9.03. The highest BCUT2D eigenvalue weighted by atomic mass is 79.9. The first-order chi connectivity index (χ1) is 11.9. The zero-order valence-corrected chi connectivity index (χ0v) is 17.7. The average molecular weight is 445 g/mol. The number of hydrogen-bond donors (Lipinski definition) is 2. The lowest BCUT2D eigenvalue weighted by molar-refractivity contribution is -0.416. The van der Waals surface area contributed by atoms with Crippen LogP contribution in [0.15, 0.2) is 22.7 Å². The Morgan fingerprint density at radius 3 is 2.42 bits per heavy atom. The third-order valence-corrected chi connectivity index (χ3v) is 8.10. The van der Waals surface area contributed by atoms with Crippen LogP contribution < -0.4 is 5.73 Å². The number of fused-ring (bicyclic) bond motifs is 3. The van der Waals surface area contributed by atoms with E-state index in [9.17, 15) is 13.2 Å². The summed E-state index contributed by atoms with van der Waals surface area (Å²) in [4.78, 5) is 11.9. The van der Waals surface area contributed by atoms with Crippen LogP contribution in [-0.4, -0.2) is 30.5 Å². The van der Waals surface area contributed by atoms with Gasteiger partial charge in [0, 0.05) is 23.7 Å². The van der Waals surface area contributed by atoms with Gasteiger partial charge in [-0.1, -0.05) is 35.8 Å². The average Bonchev–Trinajstić information content (AvgIpc) is 3.03. The van der Waals surface area contributed by atoms with E-state index in [1.165, 1.54) is 15.6 Å². The van der Waals surface area contributed by atoms with Crippen molar-refractivity contribution in [2.75, 3.05) is 5.75 Å². The van der Waals surface area contributed by atoms with Gasteiger partial charge in [0.2, 0.25) is 0 Å². The molecule has 1 aromatic carbocycles. The topological polar surface area (TPSA) is 99.1 Å². The summed E-state index contributed by atoms with van der Waals surface area (Å²) in [6.07, 6.45) is 4.28. The van der Waals surface area contributed by atoms with Crippen molar-refractivity contribution in [1.82, 2.24) is 0 Å². The van der Waals surface area contributed by atoms with E-state index in [2.05, 4.69) is 39.9 Å². The van der Waals surface area contributed by atoms with Gasteiger partial charge in [-0.3, -0.25) is 9.35 Å². The van der Waals surface area contributed by atoms with E-state index < -0.39 is 21.3 Å². The van der Waals surface area contributed by atoms with Crippen molar-refractivity contribution in [3.8, 4) is 0 Å². The SMILES string of the molecule is CC1(C)[C@@H]2CC[C@@]1(CS(=O)(=O)O)C(=O)C2.[NH3+][C@@H]1Cc2ccc(Br)cc2C1. The minimum Gasteiger partial charge on any atom is -0.355 e. The summed E-state index contributed by atoms with van der Waals surface area (Å²) < 4.78 is 32.2. The molecule has 2 saturated carbocycles. The van der Waals surface area contributed by atoms with Gasteiger partial charge in [-0.05, 0) is 47.4 Å². The summed E-state index contributed by atoms with van der Waals surface area (Å²) in [5.74, 6) is -0.101. The molecule has 1 aromatic rings. The van der Waals surface area contributed by atoms with Crippen molar-refractivity contribution in [3.05, 3.63) is 33.8 Å². The standard InChI is InChI=1S/C10H16O4S.C9H10BrN/c1-9(2)7-3-4-10(9,8(11)5-7)6-15(12,13)14;10-8-2-1-6-4-9(11)5-7(6)3-8/h7H,3-6H2,1-2H3,(H,12,13,14);1-3,9H,4-5,11H2/p+1/t7-,10-;9-/m11/s1. The van der Waals surface area contributed by atoms with E-state index in [1.54, 1.807) is 0 Å². The molecule has 0 saturated heterocycles. The van der Waals surface area contributed by atoms with Crippen molar-refractivity contribution in [2.24, 2.45) is 16.7 Å². The Kier molecular flexibility index (Phi) is 5.14. The lowest BCUT2D eigenvalue weighted by Crippen LogP contribution is -2.61. The normalized spacial score (nSPS) is 31.5. The quantitative estimate of drug-likeness (QED) is 0.683. The first kappa shape index (κ1) is 20.0. The summed E-state index contributed by atoms with van der Waals surface area (Å²) in [6, 6.07) is 7.11. The van der Waals surface area contributed by atoms with Gasteiger partial charge >= 0.3 is 0 Å². The minimum atomic E-state index is -4.08. The second-order valence-electron chi connectivity index (χ2n) is 8.58. The Balaban J connectivity index is 0.000000158. The van der Waals surface area contributed by atoms with Gasteiger partial charge in [0.25, 0.3) is 10.1 Å². The third kappa shape index (κ3) is 3.51. The highest BCUT2D eigenvalue weighted by Gasteiger charge is 2.65. The van der Waals surface area contributed by atoms with Crippen LogP contribution >= 0.6 is 15.9 Å². The van der Waals surface area contributed by atoms with Crippen LogP contribution in [0, 0.1) is 16.7 Å². The van der Waals surface area contributed by atoms with E-state index in [1.807, 2.05) is 13.8 Å². The van der Waals surface area contributed by atoms with Crippen LogP contribution in [0.25, 0.3) is 0 Å². The summed E-state index contributed by atoms with van der Waals surface area (Å²) in [7, 11) is -4.08. The number of carbonyl (C=O) groups excluding carboxylic acids is 1. The molecule has 3 aliphatic carbocycles. The highest BCUT2D eigenvalue weighted by molar-refractivity contribution is 9.10. The van der Waals surface area contributed by atoms with E-state index in [0.29, 0.717) is 18.9 Å². The number of halogens is 1. The number of benzene rings is 1. The van der Waals surface area contributed by atoms with Gasteiger partial charge in [-0.25, -0.2) is 0 Å². The number of Topliss-reactive ketones (excluding diaryl/α,β-unsaturated/α-hetero) is 1. The molecule has 7 heteroatoms. The molecule has 26 heavy (non-hydrogen) atoms. The van der Waals surface area contributed by atoms with Crippen molar-refractivity contribution in [3.63, 3.8) is 0 Å². The second kappa shape index (κ2) is 6.69. The van der Waals surface area contributed by atoms with Crippen LogP contribution in [0.1, 0.15) is 44.2 Å². The summed E-state index contributed by atoms with van der Waals surface area (Å²) >= 11 is 3.46. The van der Waals surface area contributed by atoms with Crippen LogP contribution in [0.5, 0.6) is 0 Å². The lowest BCUT2D eigenvalue weighted by atomic mass is 9.70. The van der Waals surface area contributed by atoms with Gasteiger partial charge in [0.1, 0.15) is 5.78 Å².